The summed E-state index contributed by atoms with van der Waals surface area (Å²) in [4.78, 5) is 11.2. The number of hydrogen-bond donors (Lipinski definition) is 2. The Kier molecular flexibility index (Phi) is 7.29. The zero-order chi connectivity index (χ0) is 16.0. The number of rotatable bonds is 8. The third kappa shape index (κ3) is 5.38. The topological polar surface area (TPSA) is 72.5 Å². The number of halogens is 2. The van der Waals surface area contributed by atoms with Gasteiger partial charge in [-0.2, -0.15) is 0 Å². The molecule has 118 valence electrons. The van der Waals surface area contributed by atoms with Gasteiger partial charge in [0, 0.05) is 11.1 Å². The van der Waals surface area contributed by atoms with E-state index in [2.05, 4.69) is 0 Å². The Morgan fingerprint density at radius 3 is 2.57 bits per heavy atom. The molecule has 21 heavy (non-hydrogen) atoms. The molecule has 1 aromatic carbocycles. The van der Waals surface area contributed by atoms with Crippen LogP contribution in [0.3, 0.4) is 0 Å². The Hall–Kier alpha value is -0.970. The second-order valence-corrected chi connectivity index (χ2v) is 5.83. The van der Waals surface area contributed by atoms with Gasteiger partial charge in [0.25, 0.3) is 0 Å². The Morgan fingerprint density at radius 1 is 1.38 bits per heavy atom. The van der Waals surface area contributed by atoms with Crippen molar-refractivity contribution in [1.29, 1.82) is 0 Å². The van der Waals surface area contributed by atoms with Crippen LogP contribution in [0.5, 0.6) is 5.75 Å². The van der Waals surface area contributed by atoms with E-state index in [4.69, 9.17) is 33.7 Å². The van der Waals surface area contributed by atoms with E-state index in [1.807, 2.05) is 13.8 Å². The Bertz CT molecular complexity index is 494. The van der Waals surface area contributed by atoms with Gasteiger partial charge in [-0.3, -0.25) is 0 Å². The zero-order valence-electron chi connectivity index (χ0n) is 12.2. The summed E-state index contributed by atoms with van der Waals surface area (Å²) in [6.07, 6.45) is 1.51. The van der Waals surface area contributed by atoms with E-state index >= 15 is 0 Å². The molecular weight excluding hydrogens is 313 g/mol. The van der Waals surface area contributed by atoms with E-state index in [-0.39, 0.29) is 6.04 Å². The minimum absolute atomic E-state index is 0.0589. The average Bonchev–Trinajstić information content (AvgIpc) is 2.40. The van der Waals surface area contributed by atoms with Crippen molar-refractivity contribution in [2.45, 2.75) is 51.7 Å². The number of aliphatic carboxylic acids is 1. The van der Waals surface area contributed by atoms with E-state index in [0.717, 1.165) is 12.0 Å². The van der Waals surface area contributed by atoms with Crippen LogP contribution in [0, 0.1) is 0 Å². The lowest BCUT2D eigenvalue weighted by atomic mass is 10.0. The quantitative estimate of drug-likeness (QED) is 0.756. The molecule has 1 rings (SSSR count). The van der Waals surface area contributed by atoms with Crippen LogP contribution in [0.4, 0.5) is 0 Å². The third-order valence-corrected chi connectivity index (χ3v) is 3.68. The normalized spacial score (nSPS) is 13.8. The molecule has 0 aromatic heterocycles. The van der Waals surface area contributed by atoms with Crippen molar-refractivity contribution in [3.63, 3.8) is 0 Å². The number of carboxylic acid groups (broad SMARTS) is 1. The lowest BCUT2D eigenvalue weighted by Gasteiger charge is -2.20. The van der Waals surface area contributed by atoms with Crippen LogP contribution < -0.4 is 10.5 Å². The van der Waals surface area contributed by atoms with Gasteiger partial charge in [-0.1, -0.05) is 43.5 Å². The Labute approximate surface area is 135 Å². The molecule has 0 fully saturated rings. The molecule has 2 atom stereocenters. The maximum absolute atomic E-state index is 11.2. The number of carbonyl (C=O) groups is 1. The summed E-state index contributed by atoms with van der Waals surface area (Å²) in [5.41, 5.74) is 6.71. The van der Waals surface area contributed by atoms with Crippen molar-refractivity contribution in [3.05, 3.63) is 27.7 Å². The van der Waals surface area contributed by atoms with Gasteiger partial charge >= 0.3 is 5.97 Å². The number of ether oxygens (including phenoxy) is 1. The van der Waals surface area contributed by atoms with Gasteiger partial charge in [0.05, 0.1) is 5.02 Å². The molecule has 4 nitrogen and oxygen atoms in total. The maximum atomic E-state index is 11.2. The van der Waals surface area contributed by atoms with Crippen LogP contribution in [-0.2, 0) is 11.2 Å². The van der Waals surface area contributed by atoms with Gasteiger partial charge in [0.15, 0.2) is 6.10 Å². The maximum Gasteiger partial charge on any atom is 0.344 e. The van der Waals surface area contributed by atoms with Crippen LogP contribution in [0.15, 0.2) is 12.1 Å². The van der Waals surface area contributed by atoms with Gasteiger partial charge in [0.1, 0.15) is 5.75 Å². The SMILES string of the molecule is CCCC(Oc1c(Cl)cc(Cl)cc1CC(N)CC)C(=O)O. The van der Waals surface area contributed by atoms with Crippen LogP contribution in [0.2, 0.25) is 10.0 Å². The Morgan fingerprint density at radius 2 is 2.05 bits per heavy atom. The summed E-state index contributed by atoms with van der Waals surface area (Å²) in [6, 6.07) is 3.21. The second-order valence-electron chi connectivity index (χ2n) is 4.98. The third-order valence-electron chi connectivity index (χ3n) is 3.18. The molecule has 6 heteroatoms. The second kappa shape index (κ2) is 8.47. The highest BCUT2D eigenvalue weighted by Gasteiger charge is 2.22. The standard InChI is InChI=1S/C15H21Cl2NO3/c1-3-5-13(15(19)20)21-14-9(7-11(18)4-2)6-10(16)8-12(14)17/h6,8,11,13H,3-5,7,18H2,1-2H3,(H,19,20). The summed E-state index contributed by atoms with van der Waals surface area (Å²) in [5.74, 6) is -0.639. The molecule has 0 amide bonds. The smallest absolute Gasteiger partial charge is 0.344 e. The lowest BCUT2D eigenvalue weighted by Crippen LogP contribution is -2.28. The van der Waals surface area contributed by atoms with Crippen molar-refractivity contribution in [2.24, 2.45) is 5.73 Å². The highest BCUT2D eigenvalue weighted by Crippen LogP contribution is 2.34. The fourth-order valence-corrected chi connectivity index (χ4v) is 2.54. The van der Waals surface area contributed by atoms with Gasteiger partial charge in [-0.05, 0) is 37.0 Å². The number of carboxylic acids is 1. The predicted molar refractivity (Wildman–Crippen MR) is 85.4 cm³/mol. The minimum Gasteiger partial charge on any atom is -0.479 e. The van der Waals surface area contributed by atoms with Crippen molar-refractivity contribution < 1.29 is 14.6 Å². The van der Waals surface area contributed by atoms with Crippen LogP contribution >= 0.6 is 23.2 Å². The van der Waals surface area contributed by atoms with Crippen molar-refractivity contribution in [3.8, 4) is 5.75 Å². The largest absolute Gasteiger partial charge is 0.479 e. The molecular formula is C15H21Cl2NO3. The summed E-state index contributed by atoms with van der Waals surface area (Å²) >= 11 is 12.2. The minimum atomic E-state index is -1.01. The van der Waals surface area contributed by atoms with E-state index in [1.54, 1.807) is 12.1 Å². The fraction of sp³-hybridized carbons (Fsp3) is 0.533. The summed E-state index contributed by atoms with van der Waals surface area (Å²) < 4.78 is 5.63. The average molecular weight is 334 g/mol. The first-order chi connectivity index (χ1) is 9.88. The molecule has 0 radical (unpaired) electrons. The van der Waals surface area contributed by atoms with E-state index < -0.39 is 12.1 Å². The summed E-state index contributed by atoms with van der Waals surface area (Å²) in [6.45, 7) is 3.88. The highest BCUT2D eigenvalue weighted by atomic mass is 35.5. The molecule has 0 saturated heterocycles. The number of hydrogen-bond acceptors (Lipinski definition) is 3. The van der Waals surface area contributed by atoms with E-state index in [9.17, 15) is 9.90 Å². The van der Waals surface area contributed by atoms with Crippen LogP contribution in [0.25, 0.3) is 0 Å². The number of benzene rings is 1. The van der Waals surface area contributed by atoms with E-state index in [1.165, 1.54) is 0 Å². The summed E-state index contributed by atoms with van der Waals surface area (Å²) in [5, 5.41) is 10.00. The first-order valence-corrected chi connectivity index (χ1v) is 7.77. The van der Waals surface area contributed by atoms with Gasteiger partial charge in [0.2, 0.25) is 0 Å². The molecule has 0 heterocycles. The Balaban J connectivity index is 3.10. The van der Waals surface area contributed by atoms with Gasteiger partial charge < -0.3 is 15.6 Å². The monoisotopic (exact) mass is 333 g/mol. The predicted octanol–water partition coefficient (Wildman–Crippen LogP) is 3.91. The number of nitrogens with two attached hydrogens (primary N) is 1. The molecule has 0 saturated carbocycles. The fourth-order valence-electron chi connectivity index (χ4n) is 1.96. The zero-order valence-corrected chi connectivity index (χ0v) is 13.7. The first-order valence-electron chi connectivity index (χ1n) is 7.01. The van der Waals surface area contributed by atoms with Crippen LogP contribution in [-0.4, -0.2) is 23.2 Å². The first kappa shape index (κ1) is 18.1. The van der Waals surface area contributed by atoms with Gasteiger partial charge in [-0.25, -0.2) is 4.79 Å². The van der Waals surface area contributed by atoms with Crippen molar-refractivity contribution in [1.82, 2.24) is 0 Å². The molecule has 0 bridgehead atoms. The lowest BCUT2D eigenvalue weighted by molar-refractivity contribution is -0.145. The molecule has 0 spiro atoms. The summed E-state index contributed by atoms with van der Waals surface area (Å²) in [7, 11) is 0. The molecule has 0 aliphatic heterocycles. The molecule has 1 aromatic rings. The molecule has 0 aliphatic carbocycles. The van der Waals surface area contributed by atoms with Crippen molar-refractivity contribution >= 4 is 29.2 Å². The van der Waals surface area contributed by atoms with Gasteiger partial charge in [-0.15, -0.1) is 0 Å². The van der Waals surface area contributed by atoms with Crippen LogP contribution in [0.1, 0.15) is 38.7 Å². The molecule has 2 unspecified atom stereocenters. The molecule has 3 N–H and O–H groups in total. The van der Waals surface area contributed by atoms with Crippen molar-refractivity contribution in [2.75, 3.05) is 0 Å². The molecule has 0 aliphatic rings. The highest BCUT2D eigenvalue weighted by molar-refractivity contribution is 6.35. The van der Waals surface area contributed by atoms with E-state index in [0.29, 0.717) is 35.1 Å².